The summed E-state index contributed by atoms with van der Waals surface area (Å²) in [5.74, 6) is 0.262. The van der Waals surface area contributed by atoms with Gasteiger partial charge in [-0.05, 0) is 24.1 Å². The number of pyridine rings is 1. The van der Waals surface area contributed by atoms with Crippen LogP contribution in [-0.4, -0.2) is 57.0 Å². The number of amides is 1. The summed E-state index contributed by atoms with van der Waals surface area (Å²) < 4.78 is 39.8. The molecule has 1 amide bonds. The first kappa shape index (κ1) is 20.8. The van der Waals surface area contributed by atoms with Gasteiger partial charge in [-0.1, -0.05) is 35.5 Å². The van der Waals surface area contributed by atoms with Crippen molar-refractivity contribution < 1.29 is 18.0 Å². The van der Waals surface area contributed by atoms with Crippen LogP contribution in [0.15, 0.2) is 54.9 Å². The number of carbonyl (C=O) groups is 1. The molecule has 162 valence electrons. The molecule has 1 saturated heterocycles. The Hall–Kier alpha value is -3.43. The van der Waals surface area contributed by atoms with Gasteiger partial charge in [0.1, 0.15) is 5.82 Å². The summed E-state index contributed by atoms with van der Waals surface area (Å²) in [6.45, 7) is 2.55. The van der Waals surface area contributed by atoms with Crippen LogP contribution in [0.25, 0.3) is 0 Å². The molecule has 0 N–H and O–H groups in total. The lowest BCUT2D eigenvalue weighted by molar-refractivity contribution is -0.137. The van der Waals surface area contributed by atoms with Crippen molar-refractivity contribution in [2.75, 3.05) is 31.1 Å². The zero-order valence-corrected chi connectivity index (χ0v) is 16.7. The Balaban J connectivity index is 1.38. The molecule has 0 saturated carbocycles. The highest BCUT2D eigenvalue weighted by Gasteiger charge is 2.31. The van der Waals surface area contributed by atoms with Gasteiger partial charge in [-0.2, -0.15) is 13.2 Å². The second-order valence-corrected chi connectivity index (χ2v) is 7.32. The number of benzene rings is 1. The fraction of sp³-hybridized carbons (Fsp3) is 0.333. The number of hydrogen-bond acceptors (Lipinski definition) is 5. The first-order chi connectivity index (χ1) is 14.9. The van der Waals surface area contributed by atoms with Gasteiger partial charge in [-0.25, -0.2) is 9.67 Å². The molecule has 1 aliphatic heterocycles. The third kappa shape index (κ3) is 5.01. The van der Waals surface area contributed by atoms with E-state index in [4.69, 9.17) is 0 Å². The molecule has 4 rings (SSSR count). The predicted molar refractivity (Wildman–Crippen MR) is 108 cm³/mol. The van der Waals surface area contributed by atoms with E-state index in [2.05, 4.69) is 15.3 Å². The largest absolute Gasteiger partial charge is 0.417 e. The van der Waals surface area contributed by atoms with Crippen molar-refractivity contribution in [2.45, 2.75) is 19.1 Å². The van der Waals surface area contributed by atoms with Crippen LogP contribution in [0.2, 0.25) is 0 Å². The molecule has 3 aromatic rings. The number of halogens is 3. The van der Waals surface area contributed by atoms with Gasteiger partial charge in [-0.15, -0.1) is 5.10 Å². The van der Waals surface area contributed by atoms with Gasteiger partial charge < -0.3 is 9.80 Å². The quantitative estimate of drug-likeness (QED) is 0.637. The van der Waals surface area contributed by atoms with E-state index in [-0.39, 0.29) is 11.6 Å². The van der Waals surface area contributed by atoms with Crippen molar-refractivity contribution in [3.63, 3.8) is 0 Å². The Kier molecular flexibility index (Phi) is 5.88. The van der Waals surface area contributed by atoms with Gasteiger partial charge in [0.05, 0.1) is 18.3 Å². The lowest BCUT2D eigenvalue weighted by Gasteiger charge is -2.22. The Morgan fingerprint density at radius 3 is 2.52 bits per heavy atom. The predicted octanol–water partition coefficient (Wildman–Crippen LogP) is 3.09. The number of nitrogens with zero attached hydrogens (tertiary/aromatic N) is 6. The van der Waals surface area contributed by atoms with Crippen molar-refractivity contribution in [3.8, 4) is 0 Å². The Bertz CT molecular complexity index is 1020. The minimum absolute atomic E-state index is 0.207. The van der Waals surface area contributed by atoms with E-state index in [1.165, 1.54) is 6.07 Å². The molecule has 10 heteroatoms. The number of alkyl halides is 3. The molecule has 1 aliphatic rings. The van der Waals surface area contributed by atoms with E-state index < -0.39 is 11.7 Å². The van der Waals surface area contributed by atoms with Crippen LogP contribution in [-0.2, 0) is 12.7 Å². The summed E-state index contributed by atoms with van der Waals surface area (Å²) in [4.78, 5) is 20.4. The first-order valence-electron chi connectivity index (χ1n) is 9.92. The van der Waals surface area contributed by atoms with Gasteiger partial charge >= 0.3 is 6.18 Å². The highest BCUT2D eigenvalue weighted by Crippen LogP contribution is 2.29. The number of rotatable bonds is 4. The van der Waals surface area contributed by atoms with Gasteiger partial charge in [0, 0.05) is 32.4 Å². The van der Waals surface area contributed by atoms with Crippen molar-refractivity contribution in [1.82, 2.24) is 24.9 Å². The average Bonchev–Trinajstić information content (AvgIpc) is 3.08. The van der Waals surface area contributed by atoms with E-state index in [1.807, 2.05) is 35.2 Å². The zero-order chi connectivity index (χ0) is 21.8. The highest BCUT2D eigenvalue weighted by molar-refractivity contribution is 5.92. The maximum absolute atomic E-state index is 12.9. The molecule has 7 nitrogen and oxygen atoms in total. The Morgan fingerprint density at radius 1 is 1.00 bits per heavy atom. The van der Waals surface area contributed by atoms with Crippen molar-refractivity contribution >= 4 is 11.7 Å². The van der Waals surface area contributed by atoms with E-state index in [9.17, 15) is 18.0 Å². The van der Waals surface area contributed by atoms with Gasteiger partial charge in [0.25, 0.3) is 5.91 Å². The van der Waals surface area contributed by atoms with Crippen molar-refractivity contribution in [2.24, 2.45) is 0 Å². The van der Waals surface area contributed by atoms with Crippen LogP contribution in [0.3, 0.4) is 0 Å². The Labute approximate surface area is 177 Å². The maximum Gasteiger partial charge on any atom is 0.417 e. The molecular formula is C21H21F3N6O. The molecule has 0 unspecified atom stereocenters. The van der Waals surface area contributed by atoms with Crippen molar-refractivity contribution in [1.29, 1.82) is 0 Å². The summed E-state index contributed by atoms with van der Waals surface area (Å²) in [6.07, 6.45) is -1.26. The average molecular weight is 430 g/mol. The molecule has 3 heterocycles. The van der Waals surface area contributed by atoms with Crippen LogP contribution in [0.1, 0.15) is 28.0 Å². The first-order valence-corrected chi connectivity index (χ1v) is 9.92. The van der Waals surface area contributed by atoms with Crippen LogP contribution < -0.4 is 4.90 Å². The fourth-order valence-corrected chi connectivity index (χ4v) is 3.50. The normalized spacial score (nSPS) is 15.1. The molecule has 0 radical (unpaired) electrons. The van der Waals surface area contributed by atoms with Crippen molar-refractivity contribution in [3.05, 3.63) is 71.7 Å². The minimum atomic E-state index is -4.41. The summed E-state index contributed by atoms with van der Waals surface area (Å²) in [5.41, 5.74) is 0.555. The van der Waals surface area contributed by atoms with Gasteiger partial charge in [0.2, 0.25) is 0 Å². The molecule has 1 fully saturated rings. The van der Waals surface area contributed by atoms with Gasteiger partial charge in [0.15, 0.2) is 5.69 Å². The third-order valence-corrected chi connectivity index (χ3v) is 5.13. The number of aromatic nitrogens is 4. The lowest BCUT2D eigenvalue weighted by atomic mass is 10.2. The number of carbonyl (C=O) groups excluding carboxylic acids is 1. The fourth-order valence-electron chi connectivity index (χ4n) is 3.50. The van der Waals surface area contributed by atoms with Crippen LogP contribution in [0.5, 0.6) is 0 Å². The van der Waals surface area contributed by atoms with E-state index >= 15 is 0 Å². The molecular weight excluding hydrogens is 409 g/mol. The maximum atomic E-state index is 12.9. The summed E-state index contributed by atoms with van der Waals surface area (Å²) in [5, 5.41) is 8.07. The molecule has 0 spiro atoms. The topological polar surface area (TPSA) is 67.2 Å². The SMILES string of the molecule is O=C(c1cn(Cc2ccccc2)nn1)N1CCCN(c2ccc(C(F)(F)F)cn2)CC1. The molecule has 31 heavy (non-hydrogen) atoms. The lowest BCUT2D eigenvalue weighted by Crippen LogP contribution is -2.35. The molecule has 2 aromatic heterocycles. The van der Waals surface area contributed by atoms with Crippen LogP contribution in [0.4, 0.5) is 19.0 Å². The molecule has 0 atom stereocenters. The summed E-state index contributed by atoms with van der Waals surface area (Å²) >= 11 is 0. The highest BCUT2D eigenvalue weighted by atomic mass is 19.4. The number of anilines is 1. The van der Waals surface area contributed by atoms with Gasteiger partial charge in [-0.3, -0.25) is 4.79 Å². The zero-order valence-electron chi connectivity index (χ0n) is 16.7. The minimum Gasteiger partial charge on any atom is -0.355 e. The smallest absolute Gasteiger partial charge is 0.355 e. The Morgan fingerprint density at radius 2 is 1.81 bits per heavy atom. The van der Waals surface area contributed by atoms with E-state index in [1.54, 1.807) is 15.8 Å². The molecule has 0 aliphatic carbocycles. The molecule has 0 bridgehead atoms. The monoisotopic (exact) mass is 430 g/mol. The van der Waals surface area contributed by atoms with Crippen LogP contribution in [0, 0.1) is 0 Å². The molecule has 1 aromatic carbocycles. The van der Waals surface area contributed by atoms with E-state index in [0.29, 0.717) is 45.0 Å². The summed E-state index contributed by atoms with van der Waals surface area (Å²) in [7, 11) is 0. The van der Waals surface area contributed by atoms with Crippen LogP contribution >= 0.6 is 0 Å². The second kappa shape index (κ2) is 8.75. The standard InChI is InChI=1S/C21H21F3N6O/c22-21(23,24)17-7-8-19(25-13-17)28-9-4-10-29(12-11-28)20(31)18-15-30(27-26-18)14-16-5-2-1-3-6-16/h1-3,5-8,13,15H,4,9-12,14H2. The second-order valence-electron chi connectivity index (χ2n) is 7.32. The number of hydrogen-bond donors (Lipinski definition) is 0. The summed E-state index contributed by atoms with van der Waals surface area (Å²) in [6, 6.07) is 12.2. The van der Waals surface area contributed by atoms with E-state index in [0.717, 1.165) is 17.8 Å². The third-order valence-electron chi connectivity index (χ3n) is 5.13.